The fourth-order valence-corrected chi connectivity index (χ4v) is 1.28. The first-order chi connectivity index (χ1) is 5.86. The summed E-state index contributed by atoms with van der Waals surface area (Å²) in [5.41, 5.74) is 0.510. The van der Waals surface area contributed by atoms with Crippen molar-refractivity contribution in [3.63, 3.8) is 0 Å². The summed E-state index contributed by atoms with van der Waals surface area (Å²) in [6, 6.07) is 1.98. The molecule has 0 spiro atoms. The SMILES string of the molecule is CCCSc1ncc(C#N)cn1. The molecule has 0 unspecified atom stereocenters. The molecule has 12 heavy (non-hydrogen) atoms. The molecule has 1 aromatic rings. The van der Waals surface area contributed by atoms with E-state index in [9.17, 15) is 0 Å². The maximum atomic E-state index is 8.47. The van der Waals surface area contributed by atoms with E-state index >= 15 is 0 Å². The molecule has 0 bridgehead atoms. The molecule has 62 valence electrons. The Hall–Kier alpha value is -1.08. The van der Waals surface area contributed by atoms with Gasteiger partial charge in [-0.25, -0.2) is 9.97 Å². The Morgan fingerprint density at radius 3 is 2.67 bits per heavy atom. The van der Waals surface area contributed by atoms with E-state index in [-0.39, 0.29) is 0 Å². The average molecular weight is 179 g/mol. The van der Waals surface area contributed by atoms with Crippen LogP contribution in [0.25, 0.3) is 0 Å². The number of nitrogens with zero attached hydrogens (tertiary/aromatic N) is 3. The van der Waals surface area contributed by atoms with Crippen LogP contribution < -0.4 is 0 Å². The highest BCUT2D eigenvalue weighted by Gasteiger charge is 1.95. The molecular formula is C8H9N3S. The van der Waals surface area contributed by atoms with E-state index in [1.807, 2.05) is 6.07 Å². The average Bonchev–Trinajstić information content (AvgIpc) is 2.15. The molecule has 3 nitrogen and oxygen atoms in total. The van der Waals surface area contributed by atoms with Crippen molar-refractivity contribution in [3.8, 4) is 6.07 Å². The van der Waals surface area contributed by atoms with Gasteiger partial charge >= 0.3 is 0 Å². The number of rotatable bonds is 3. The van der Waals surface area contributed by atoms with Crippen molar-refractivity contribution >= 4 is 11.8 Å². The quantitative estimate of drug-likeness (QED) is 0.525. The van der Waals surface area contributed by atoms with E-state index in [1.54, 1.807) is 24.2 Å². The van der Waals surface area contributed by atoms with Crippen molar-refractivity contribution in [2.45, 2.75) is 18.5 Å². The molecule has 0 aliphatic carbocycles. The molecule has 0 saturated carbocycles. The lowest BCUT2D eigenvalue weighted by atomic mass is 10.4. The lowest BCUT2D eigenvalue weighted by molar-refractivity contribution is 0.955. The number of thioether (sulfide) groups is 1. The van der Waals surface area contributed by atoms with Crippen molar-refractivity contribution in [2.24, 2.45) is 0 Å². The summed E-state index contributed by atoms with van der Waals surface area (Å²) in [5.74, 6) is 1.02. The van der Waals surface area contributed by atoms with Gasteiger partial charge in [0, 0.05) is 18.1 Å². The highest BCUT2D eigenvalue weighted by molar-refractivity contribution is 7.99. The first-order valence-electron chi connectivity index (χ1n) is 3.71. The predicted molar refractivity (Wildman–Crippen MR) is 47.8 cm³/mol. The van der Waals surface area contributed by atoms with Crippen LogP contribution in [-0.2, 0) is 0 Å². The fraction of sp³-hybridized carbons (Fsp3) is 0.375. The van der Waals surface area contributed by atoms with Gasteiger partial charge in [0.1, 0.15) is 6.07 Å². The van der Waals surface area contributed by atoms with Gasteiger partial charge in [0.25, 0.3) is 0 Å². The number of hydrogen-bond acceptors (Lipinski definition) is 4. The lowest BCUT2D eigenvalue weighted by Gasteiger charge is -1.95. The third kappa shape index (κ3) is 2.51. The van der Waals surface area contributed by atoms with E-state index in [2.05, 4.69) is 16.9 Å². The number of nitriles is 1. The zero-order chi connectivity index (χ0) is 8.81. The minimum absolute atomic E-state index is 0.510. The molecule has 4 heteroatoms. The van der Waals surface area contributed by atoms with Crippen LogP contribution >= 0.6 is 11.8 Å². The van der Waals surface area contributed by atoms with Gasteiger partial charge in [0.2, 0.25) is 0 Å². The molecule has 0 fully saturated rings. The summed E-state index contributed by atoms with van der Waals surface area (Å²) in [7, 11) is 0. The molecule has 1 heterocycles. The summed E-state index contributed by atoms with van der Waals surface area (Å²) >= 11 is 1.61. The molecule has 0 amide bonds. The number of aromatic nitrogens is 2. The van der Waals surface area contributed by atoms with Gasteiger partial charge in [-0.05, 0) is 6.42 Å². The Kier molecular flexibility index (Phi) is 3.55. The Balaban J connectivity index is 2.60. The second-order valence-corrected chi connectivity index (χ2v) is 3.28. The van der Waals surface area contributed by atoms with Crippen molar-refractivity contribution in [3.05, 3.63) is 18.0 Å². The maximum Gasteiger partial charge on any atom is 0.187 e. The van der Waals surface area contributed by atoms with Gasteiger partial charge in [0.15, 0.2) is 5.16 Å². The smallest absolute Gasteiger partial charge is 0.187 e. The van der Waals surface area contributed by atoms with Crippen LogP contribution in [0.15, 0.2) is 17.6 Å². The minimum Gasteiger partial charge on any atom is -0.230 e. The zero-order valence-electron chi connectivity index (χ0n) is 6.82. The minimum atomic E-state index is 0.510. The molecule has 1 aromatic heterocycles. The van der Waals surface area contributed by atoms with Gasteiger partial charge in [-0.3, -0.25) is 0 Å². The summed E-state index contributed by atoms with van der Waals surface area (Å²) in [6.07, 6.45) is 4.20. The second-order valence-electron chi connectivity index (χ2n) is 2.21. The third-order valence-electron chi connectivity index (χ3n) is 1.19. The molecule has 0 atom stereocenters. The zero-order valence-corrected chi connectivity index (χ0v) is 7.64. The van der Waals surface area contributed by atoms with Gasteiger partial charge < -0.3 is 0 Å². The highest BCUT2D eigenvalue weighted by atomic mass is 32.2. The van der Waals surface area contributed by atoms with Gasteiger partial charge in [-0.2, -0.15) is 5.26 Å². The number of hydrogen-bond donors (Lipinski definition) is 0. The topological polar surface area (TPSA) is 49.6 Å². The van der Waals surface area contributed by atoms with E-state index < -0.39 is 0 Å². The van der Waals surface area contributed by atoms with Crippen LogP contribution in [-0.4, -0.2) is 15.7 Å². The van der Waals surface area contributed by atoms with Crippen LogP contribution in [0.1, 0.15) is 18.9 Å². The summed E-state index contributed by atoms with van der Waals surface area (Å²) < 4.78 is 0. The van der Waals surface area contributed by atoms with Crippen LogP contribution in [0.2, 0.25) is 0 Å². The molecule has 0 radical (unpaired) electrons. The normalized spacial score (nSPS) is 9.33. The van der Waals surface area contributed by atoms with E-state index in [0.717, 1.165) is 17.3 Å². The maximum absolute atomic E-state index is 8.47. The fourth-order valence-electron chi connectivity index (χ4n) is 0.642. The van der Waals surface area contributed by atoms with Crippen molar-refractivity contribution in [2.75, 3.05) is 5.75 Å². The van der Waals surface area contributed by atoms with Gasteiger partial charge in [0.05, 0.1) is 5.56 Å². The van der Waals surface area contributed by atoms with Crippen molar-refractivity contribution < 1.29 is 0 Å². The molecule has 0 aromatic carbocycles. The molecule has 0 N–H and O–H groups in total. The van der Waals surface area contributed by atoms with Crippen molar-refractivity contribution in [1.29, 1.82) is 5.26 Å². The summed E-state index contributed by atoms with van der Waals surface area (Å²) in [6.45, 7) is 2.11. The van der Waals surface area contributed by atoms with Crippen LogP contribution in [0.5, 0.6) is 0 Å². The Morgan fingerprint density at radius 2 is 2.17 bits per heavy atom. The summed E-state index contributed by atoms with van der Waals surface area (Å²) in [5, 5.41) is 9.21. The first-order valence-corrected chi connectivity index (χ1v) is 4.70. The van der Waals surface area contributed by atoms with Crippen LogP contribution in [0, 0.1) is 11.3 Å². The molecule has 1 rings (SSSR count). The van der Waals surface area contributed by atoms with Gasteiger partial charge in [-0.15, -0.1) is 0 Å². The lowest BCUT2D eigenvalue weighted by Crippen LogP contribution is -1.87. The van der Waals surface area contributed by atoms with Gasteiger partial charge in [-0.1, -0.05) is 18.7 Å². The van der Waals surface area contributed by atoms with E-state index in [4.69, 9.17) is 5.26 Å². The molecule has 0 aliphatic rings. The molecule has 0 aliphatic heterocycles. The predicted octanol–water partition coefficient (Wildman–Crippen LogP) is 1.85. The Morgan fingerprint density at radius 1 is 1.50 bits per heavy atom. The first kappa shape index (κ1) is 9.01. The van der Waals surface area contributed by atoms with E-state index in [0.29, 0.717) is 5.56 Å². The van der Waals surface area contributed by atoms with E-state index in [1.165, 1.54) is 0 Å². The van der Waals surface area contributed by atoms with Crippen molar-refractivity contribution in [1.82, 2.24) is 9.97 Å². The van der Waals surface area contributed by atoms with Crippen LogP contribution in [0.4, 0.5) is 0 Å². The van der Waals surface area contributed by atoms with Crippen LogP contribution in [0.3, 0.4) is 0 Å². The third-order valence-corrected chi connectivity index (χ3v) is 2.27. The molecular weight excluding hydrogens is 170 g/mol. The largest absolute Gasteiger partial charge is 0.230 e. The monoisotopic (exact) mass is 179 g/mol. The molecule has 0 saturated heterocycles. The summed E-state index contributed by atoms with van der Waals surface area (Å²) in [4.78, 5) is 8.03. The standard InChI is InChI=1S/C8H9N3S/c1-2-3-12-8-10-5-7(4-9)6-11-8/h5-6H,2-3H2,1H3. The Bertz CT molecular complexity index is 275. The highest BCUT2D eigenvalue weighted by Crippen LogP contribution is 2.12. The second kappa shape index (κ2) is 4.73. The Labute approximate surface area is 75.8 Å².